The van der Waals surface area contributed by atoms with Gasteiger partial charge in [0.15, 0.2) is 6.29 Å². The molecule has 2 N–H and O–H groups in total. The van der Waals surface area contributed by atoms with Crippen LogP contribution in [-0.2, 0) is 9.47 Å². The number of hydrogen-bond donors (Lipinski definition) is 2. The molecule has 1 saturated heterocycles. The maximum absolute atomic E-state index is 12.2. The van der Waals surface area contributed by atoms with Gasteiger partial charge in [0.2, 0.25) is 0 Å². The third-order valence-electron chi connectivity index (χ3n) is 3.40. The molecule has 0 aromatic heterocycles. The van der Waals surface area contributed by atoms with Gasteiger partial charge in [-0.3, -0.25) is 4.79 Å². The van der Waals surface area contributed by atoms with E-state index in [1.807, 2.05) is 6.07 Å². The van der Waals surface area contributed by atoms with Crippen LogP contribution in [0, 0.1) is 0 Å². The van der Waals surface area contributed by atoms with Gasteiger partial charge in [-0.1, -0.05) is 24.3 Å². The van der Waals surface area contributed by atoms with Crippen LogP contribution in [0.3, 0.4) is 0 Å². The monoisotopic (exact) mass is 299 g/mol. The molecule has 1 aliphatic heterocycles. The maximum atomic E-state index is 12.2. The van der Waals surface area contributed by atoms with Gasteiger partial charge in [0.25, 0.3) is 5.91 Å². The molecule has 1 aliphatic rings. The highest BCUT2D eigenvalue weighted by atomic mass is 16.7. The summed E-state index contributed by atoms with van der Waals surface area (Å²) in [5.41, 5.74) is 1.63. The number of phenols is 1. The second-order valence-electron chi connectivity index (χ2n) is 5.02. The number of ether oxygens (including phenoxy) is 2. The number of carbonyl (C=O) groups excluding carboxylic acids is 1. The normalized spacial score (nSPS) is 15.5. The first kappa shape index (κ1) is 14.6. The molecule has 0 spiro atoms. The SMILES string of the molecule is O=C(Nc1cc(C2OCCCO2)ccc1O)c1ccccc1. The van der Waals surface area contributed by atoms with Crippen molar-refractivity contribution in [3.8, 4) is 5.75 Å². The summed E-state index contributed by atoms with van der Waals surface area (Å²) in [6.07, 6.45) is 0.411. The molecule has 114 valence electrons. The Kier molecular flexibility index (Phi) is 4.37. The van der Waals surface area contributed by atoms with Crippen LogP contribution in [0.4, 0.5) is 5.69 Å². The quantitative estimate of drug-likeness (QED) is 0.855. The van der Waals surface area contributed by atoms with Gasteiger partial charge in [-0.15, -0.1) is 0 Å². The number of benzene rings is 2. The molecule has 5 heteroatoms. The molecule has 22 heavy (non-hydrogen) atoms. The van der Waals surface area contributed by atoms with Crippen molar-refractivity contribution < 1.29 is 19.4 Å². The van der Waals surface area contributed by atoms with Gasteiger partial charge in [-0.2, -0.15) is 0 Å². The summed E-state index contributed by atoms with van der Waals surface area (Å²) in [6.45, 7) is 1.27. The first-order chi connectivity index (χ1) is 10.7. The van der Waals surface area contributed by atoms with Crippen molar-refractivity contribution in [2.45, 2.75) is 12.7 Å². The van der Waals surface area contributed by atoms with Crippen LogP contribution in [-0.4, -0.2) is 24.2 Å². The summed E-state index contributed by atoms with van der Waals surface area (Å²) >= 11 is 0. The highest BCUT2D eigenvalue weighted by Crippen LogP contribution is 2.30. The fraction of sp³-hybridized carbons (Fsp3) is 0.235. The van der Waals surface area contributed by atoms with Crippen molar-refractivity contribution in [3.63, 3.8) is 0 Å². The van der Waals surface area contributed by atoms with Crippen LogP contribution >= 0.6 is 0 Å². The summed E-state index contributed by atoms with van der Waals surface area (Å²) < 4.78 is 11.1. The minimum Gasteiger partial charge on any atom is -0.506 e. The number of amides is 1. The molecule has 0 aliphatic carbocycles. The Morgan fingerprint density at radius 3 is 2.55 bits per heavy atom. The van der Waals surface area contributed by atoms with E-state index in [1.54, 1.807) is 36.4 Å². The van der Waals surface area contributed by atoms with E-state index in [9.17, 15) is 9.90 Å². The molecule has 0 unspecified atom stereocenters. The topological polar surface area (TPSA) is 67.8 Å². The molecule has 1 amide bonds. The maximum Gasteiger partial charge on any atom is 0.255 e. The molecule has 0 saturated carbocycles. The smallest absolute Gasteiger partial charge is 0.255 e. The van der Waals surface area contributed by atoms with Crippen LogP contribution in [0.1, 0.15) is 28.6 Å². The average molecular weight is 299 g/mol. The lowest BCUT2D eigenvalue weighted by atomic mass is 10.1. The zero-order valence-electron chi connectivity index (χ0n) is 12.0. The standard InChI is InChI=1S/C17H17NO4/c19-15-8-7-13(17-21-9-4-10-22-17)11-14(15)18-16(20)12-5-2-1-3-6-12/h1-3,5-8,11,17,19H,4,9-10H2,(H,18,20). The van der Waals surface area contributed by atoms with Gasteiger partial charge in [-0.05, 0) is 30.7 Å². The molecule has 1 fully saturated rings. The van der Waals surface area contributed by atoms with E-state index in [4.69, 9.17) is 9.47 Å². The van der Waals surface area contributed by atoms with E-state index < -0.39 is 6.29 Å². The largest absolute Gasteiger partial charge is 0.506 e. The Morgan fingerprint density at radius 2 is 1.82 bits per heavy atom. The van der Waals surface area contributed by atoms with E-state index in [0.717, 1.165) is 12.0 Å². The van der Waals surface area contributed by atoms with E-state index in [2.05, 4.69) is 5.32 Å². The van der Waals surface area contributed by atoms with Crippen LogP contribution in [0.25, 0.3) is 0 Å². The lowest BCUT2D eigenvalue weighted by Crippen LogP contribution is -2.18. The third-order valence-corrected chi connectivity index (χ3v) is 3.40. The lowest BCUT2D eigenvalue weighted by molar-refractivity contribution is -0.183. The van der Waals surface area contributed by atoms with Crippen LogP contribution < -0.4 is 5.32 Å². The van der Waals surface area contributed by atoms with Gasteiger partial charge in [-0.25, -0.2) is 0 Å². The predicted octanol–water partition coefficient (Wildman–Crippen LogP) is 3.08. The molecular formula is C17H17NO4. The van der Waals surface area contributed by atoms with Crippen LogP contribution in [0.15, 0.2) is 48.5 Å². The van der Waals surface area contributed by atoms with Crippen molar-refractivity contribution >= 4 is 11.6 Å². The minimum atomic E-state index is -0.457. The molecule has 0 bridgehead atoms. The van der Waals surface area contributed by atoms with E-state index in [0.29, 0.717) is 24.5 Å². The molecule has 2 aromatic rings. The molecule has 3 rings (SSSR count). The van der Waals surface area contributed by atoms with Gasteiger partial charge >= 0.3 is 0 Å². The van der Waals surface area contributed by atoms with Crippen LogP contribution in [0.5, 0.6) is 5.75 Å². The molecule has 5 nitrogen and oxygen atoms in total. The number of hydrogen-bond acceptors (Lipinski definition) is 4. The summed E-state index contributed by atoms with van der Waals surface area (Å²) in [5.74, 6) is -0.276. The highest BCUT2D eigenvalue weighted by molar-refractivity contribution is 6.05. The van der Waals surface area contributed by atoms with Crippen molar-refractivity contribution in [3.05, 3.63) is 59.7 Å². The Labute approximate surface area is 128 Å². The van der Waals surface area contributed by atoms with Crippen molar-refractivity contribution in [1.29, 1.82) is 0 Å². The second-order valence-corrected chi connectivity index (χ2v) is 5.02. The Hall–Kier alpha value is -2.37. The minimum absolute atomic E-state index is 0.00356. The first-order valence-corrected chi connectivity index (χ1v) is 7.16. The fourth-order valence-corrected chi connectivity index (χ4v) is 2.26. The van der Waals surface area contributed by atoms with Crippen molar-refractivity contribution in [1.82, 2.24) is 0 Å². The molecule has 1 heterocycles. The average Bonchev–Trinajstić information content (AvgIpc) is 2.58. The molecule has 2 aromatic carbocycles. The number of anilines is 1. The molecular weight excluding hydrogens is 282 g/mol. The van der Waals surface area contributed by atoms with Gasteiger partial charge < -0.3 is 19.9 Å². The van der Waals surface area contributed by atoms with Gasteiger partial charge in [0.05, 0.1) is 18.9 Å². The lowest BCUT2D eigenvalue weighted by Gasteiger charge is -2.24. The van der Waals surface area contributed by atoms with Crippen molar-refractivity contribution in [2.75, 3.05) is 18.5 Å². The molecule has 0 atom stereocenters. The van der Waals surface area contributed by atoms with Crippen LogP contribution in [0.2, 0.25) is 0 Å². The van der Waals surface area contributed by atoms with E-state index >= 15 is 0 Å². The zero-order valence-corrected chi connectivity index (χ0v) is 12.0. The Bertz CT molecular complexity index is 651. The number of nitrogens with one attached hydrogen (secondary N) is 1. The fourth-order valence-electron chi connectivity index (χ4n) is 2.26. The number of phenolic OH excluding ortho intramolecular Hbond substituents is 1. The predicted molar refractivity (Wildman–Crippen MR) is 81.8 cm³/mol. The molecule has 0 radical (unpaired) electrons. The summed E-state index contributed by atoms with van der Waals surface area (Å²) in [4.78, 5) is 12.2. The Balaban J connectivity index is 1.79. The van der Waals surface area contributed by atoms with E-state index in [-0.39, 0.29) is 11.7 Å². The number of aromatic hydroxyl groups is 1. The highest BCUT2D eigenvalue weighted by Gasteiger charge is 2.18. The summed E-state index contributed by atoms with van der Waals surface area (Å²) in [5, 5.41) is 12.6. The van der Waals surface area contributed by atoms with Gasteiger partial charge in [0, 0.05) is 11.1 Å². The second kappa shape index (κ2) is 6.60. The van der Waals surface area contributed by atoms with E-state index in [1.165, 1.54) is 6.07 Å². The number of carbonyl (C=O) groups is 1. The Morgan fingerprint density at radius 1 is 1.09 bits per heavy atom. The first-order valence-electron chi connectivity index (χ1n) is 7.16. The van der Waals surface area contributed by atoms with Crippen molar-refractivity contribution in [2.24, 2.45) is 0 Å². The third kappa shape index (κ3) is 3.27. The van der Waals surface area contributed by atoms with Gasteiger partial charge in [0.1, 0.15) is 5.75 Å². The summed E-state index contributed by atoms with van der Waals surface area (Å²) in [7, 11) is 0. The summed E-state index contributed by atoms with van der Waals surface area (Å²) in [6, 6.07) is 13.8. The zero-order chi connectivity index (χ0) is 15.4. The number of rotatable bonds is 3.